The summed E-state index contributed by atoms with van der Waals surface area (Å²) in [5.41, 5.74) is -0.0881. The summed E-state index contributed by atoms with van der Waals surface area (Å²) in [5.74, 6) is -1.10. The van der Waals surface area contributed by atoms with E-state index in [9.17, 15) is 14.7 Å². The Morgan fingerprint density at radius 3 is 2.75 bits per heavy atom. The molecule has 1 heterocycles. The molecule has 1 rings (SSSR count). The summed E-state index contributed by atoms with van der Waals surface area (Å²) in [6, 6.07) is 0. The SMILES string of the molecule is CCCCn1c(O)c(CCC(=O)O)[nH]c1=O. The summed E-state index contributed by atoms with van der Waals surface area (Å²) in [7, 11) is 0. The second kappa shape index (κ2) is 5.39. The van der Waals surface area contributed by atoms with Crippen LogP contribution in [0.3, 0.4) is 0 Å². The van der Waals surface area contributed by atoms with Crippen molar-refractivity contribution in [3.8, 4) is 5.88 Å². The van der Waals surface area contributed by atoms with Gasteiger partial charge in [-0.1, -0.05) is 13.3 Å². The third kappa shape index (κ3) is 2.88. The van der Waals surface area contributed by atoms with Crippen LogP contribution < -0.4 is 5.69 Å². The van der Waals surface area contributed by atoms with Crippen LogP contribution in [0.5, 0.6) is 5.88 Å². The molecular weight excluding hydrogens is 212 g/mol. The van der Waals surface area contributed by atoms with Crippen LogP contribution in [0.25, 0.3) is 0 Å². The molecule has 0 fully saturated rings. The van der Waals surface area contributed by atoms with Crippen LogP contribution in [0.1, 0.15) is 31.9 Å². The van der Waals surface area contributed by atoms with Gasteiger partial charge in [0.1, 0.15) is 0 Å². The summed E-state index contributed by atoms with van der Waals surface area (Å²) in [5, 5.41) is 18.2. The van der Waals surface area contributed by atoms with Crippen molar-refractivity contribution in [2.45, 2.75) is 39.2 Å². The van der Waals surface area contributed by atoms with Gasteiger partial charge >= 0.3 is 11.7 Å². The molecule has 0 bridgehead atoms. The van der Waals surface area contributed by atoms with E-state index in [1.807, 2.05) is 6.92 Å². The number of carboxylic acid groups (broad SMARTS) is 1. The Labute approximate surface area is 92.5 Å². The Morgan fingerprint density at radius 1 is 1.50 bits per heavy atom. The van der Waals surface area contributed by atoms with Crippen LogP contribution in [0, 0.1) is 0 Å². The molecule has 0 aliphatic carbocycles. The maximum atomic E-state index is 11.4. The second-order valence-electron chi connectivity index (χ2n) is 3.63. The van der Waals surface area contributed by atoms with E-state index in [0.29, 0.717) is 12.2 Å². The van der Waals surface area contributed by atoms with Gasteiger partial charge in [-0.2, -0.15) is 0 Å². The van der Waals surface area contributed by atoms with Crippen LogP contribution in [0.15, 0.2) is 4.79 Å². The predicted octanol–water partition coefficient (Wildman–Crippen LogP) is 0.699. The van der Waals surface area contributed by atoms with Crippen molar-refractivity contribution in [1.82, 2.24) is 9.55 Å². The number of nitrogens with one attached hydrogen (secondary N) is 1. The van der Waals surface area contributed by atoms with Crippen LogP contribution in [0.4, 0.5) is 0 Å². The molecule has 1 aromatic heterocycles. The molecule has 0 saturated carbocycles. The first-order valence-corrected chi connectivity index (χ1v) is 5.28. The molecule has 0 aromatic carbocycles. The summed E-state index contributed by atoms with van der Waals surface area (Å²) >= 11 is 0. The minimum Gasteiger partial charge on any atom is -0.493 e. The highest BCUT2D eigenvalue weighted by Crippen LogP contribution is 2.14. The van der Waals surface area contributed by atoms with Crippen LogP contribution in [0.2, 0.25) is 0 Å². The highest BCUT2D eigenvalue weighted by molar-refractivity contribution is 5.67. The molecule has 6 heteroatoms. The minimum atomic E-state index is -0.957. The average molecular weight is 228 g/mol. The van der Waals surface area contributed by atoms with Gasteiger partial charge in [0.2, 0.25) is 5.88 Å². The molecule has 90 valence electrons. The van der Waals surface area contributed by atoms with E-state index in [0.717, 1.165) is 12.8 Å². The molecule has 0 aliphatic heterocycles. The van der Waals surface area contributed by atoms with E-state index in [1.54, 1.807) is 0 Å². The van der Waals surface area contributed by atoms with Gasteiger partial charge in [0.05, 0.1) is 12.1 Å². The van der Waals surface area contributed by atoms with Crippen molar-refractivity contribution in [3.05, 3.63) is 16.2 Å². The largest absolute Gasteiger partial charge is 0.493 e. The zero-order valence-electron chi connectivity index (χ0n) is 9.19. The first-order chi connectivity index (χ1) is 7.56. The Bertz CT molecular complexity index is 419. The van der Waals surface area contributed by atoms with Crippen molar-refractivity contribution in [3.63, 3.8) is 0 Å². The number of H-pyrrole nitrogens is 1. The van der Waals surface area contributed by atoms with Gasteiger partial charge in [0, 0.05) is 13.0 Å². The van der Waals surface area contributed by atoms with Crippen LogP contribution in [-0.2, 0) is 17.8 Å². The van der Waals surface area contributed by atoms with Gasteiger partial charge in [-0.15, -0.1) is 0 Å². The number of rotatable bonds is 6. The lowest BCUT2D eigenvalue weighted by atomic mass is 10.2. The number of aromatic hydroxyl groups is 1. The van der Waals surface area contributed by atoms with E-state index in [2.05, 4.69) is 4.98 Å². The highest BCUT2D eigenvalue weighted by atomic mass is 16.4. The Morgan fingerprint density at radius 2 is 2.19 bits per heavy atom. The highest BCUT2D eigenvalue weighted by Gasteiger charge is 2.13. The summed E-state index contributed by atoms with van der Waals surface area (Å²) in [6.45, 7) is 2.44. The number of hydrogen-bond acceptors (Lipinski definition) is 3. The Balaban J connectivity index is 2.80. The lowest BCUT2D eigenvalue weighted by Crippen LogP contribution is -2.16. The monoisotopic (exact) mass is 228 g/mol. The fourth-order valence-corrected chi connectivity index (χ4v) is 1.44. The predicted molar refractivity (Wildman–Crippen MR) is 57.6 cm³/mol. The maximum Gasteiger partial charge on any atom is 0.328 e. The van der Waals surface area contributed by atoms with Gasteiger partial charge in [-0.3, -0.25) is 9.36 Å². The van der Waals surface area contributed by atoms with Crippen LogP contribution >= 0.6 is 0 Å². The average Bonchev–Trinajstić information content (AvgIpc) is 2.49. The van der Waals surface area contributed by atoms with E-state index >= 15 is 0 Å². The third-order valence-corrected chi connectivity index (χ3v) is 2.35. The quantitative estimate of drug-likeness (QED) is 0.667. The number of carboxylic acids is 1. The van der Waals surface area contributed by atoms with Gasteiger partial charge in [0.15, 0.2) is 0 Å². The minimum absolute atomic E-state index is 0.110. The maximum absolute atomic E-state index is 11.4. The van der Waals surface area contributed by atoms with Crippen molar-refractivity contribution in [2.24, 2.45) is 0 Å². The second-order valence-corrected chi connectivity index (χ2v) is 3.63. The van der Waals surface area contributed by atoms with Crippen molar-refractivity contribution in [1.29, 1.82) is 0 Å². The molecule has 0 atom stereocenters. The zero-order valence-corrected chi connectivity index (χ0v) is 9.19. The molecule has 0 unspecified atom stereocenters. The molecular formula is C10H16N2O4. The lowest BCUT2D eigenvalue weighted by Gasteiger charge is -2.01. The zero-order chi connectivity index (χ0) is 12.1. The van der Waals surface area contributed by atoms with Crippen molar-refractivity contribution >= 4 is 5.97 Å². The van der Waals surface area contributed by atoms with E-state index in [-0.39, 0.29) is 24.4 Å². The molecule has 6 nitrogen and oxygen atoms in total. The van der Waals surface area contributed by atoms with Crippen LogP contribution in [-0.4, -0.2) is 25.7 Å². The van der Waals surface area contributed by atoms with E-state index in [4.69, 9.17) is 5.11 Å². The van der Waals surface area contributed by atoms with Gasteiger partial charge in [-0.25, -0.2) is 4.79 Å². The number of nitrogens with zero attached hydrogens (tertiary/aromatic N) is 1. The molecule has 3 N–H and O–H groups in total. The Hall–Kier alpha value is -1.72. The number of aromatic nitrogens is 2. The molecule has 0 aliphatic rings. The molecule has 16 heavy (non-hydrogen) atoms. The van der Waals surface area contributed by atoms with Crippen molar-refractivity contribution < 1.29 is 15.0 Å². The van der Waals surface area contributed by atoms with E-state index in [1.165, 1.54) is 4.57 Å². The smallest absolute Gasteiger partial charge is 0.328 e. The molecule has 0 radical (unpaired) electrons. The third-order valence-electron chi connectivity index (χ3n) is 2.35. The number of carbonyl (C=O) groups is 1. The normalized spacial score (nSPS) is 10.6. The molecule has 0 amide bonds. The van der Waals surface area contributed by atoms with E-state index < -0.39 is 5.97 Å². The standard InChI is InChI=1S/C10H16N2O4/c1-2-3-6-12-9(15)7(11-10(12)16)4-5-8(13)14/h15H,2-6H2,1H3,(H,11,16)(H,13,14). The molecule has 0 saturated heterocycles. The first-order valence-electron chi connectivity index (χ1n) is 5.28. The number of aromatic amines is 1. The fourth-order valence-electron chi connectivity index (χ4n) is 1.44. The van der Waals surface area contributed by atoms with Crippen molar-refractivity contribution in [2.75, 3.05) is 0 Å². The number of aliphatic carboxylic acids is 1. The van der Waals surface area contributed by atoms with Gasteiger partial charge in [0.25, 0.3) is 0 Å². The van der Waals surface area contributed by atoms with Gasteiger partial charge in [-0.05, 0) is 6.42 Å². The number of hydrogen-bond donors (Lipinski definition) is 3. The first kappa shape index (κ1) is 12.4. The molecule has 0 spiro atoms. The number of imidazole rings is 1. The molecule has 1 aromatic rings. The number of aryl methyl sites for hydroxylation is 1. The summed E-state index contributed by atoms with van der Waals surface area (Å²) < 4.78 is 1.24. The lowest BCUT2D eigenvalue weighted by molar-refractivity contribution is -0.136. The summed E-state index contributed by atoms with van der Waals surface area (Å²) in [4.78, 5) is 24.2. The Kier molecular flexibility index (Phi) is 4.16. The van der Waals surface area contributed by atoms with Gasteiger partial charge < -0.3 is 15.2 Å². The fraction of sp³-hybridized carbons (Fsp3) is 0.600. The number of unbranched alkanes of at least 4 members (excludes halogenated alkanes) is 1. The topological polar surface area (TPSA) is 95.3 Å². The summed E-state index contributed by atoms with van der Waals surface area (Å²) in [6.07, 6.45) is 1.74.